The summed E-state index contributed by atoms with van der Waals surface area (Å²) in [6, 6.07) is 10.9. The maximum atomic E-state index is 12.7. The van der Waals surface area contributed by atoms with Crippen molar-refractivity contribution in [1.29, 1.82) is 0 Å². The van der Waals surface area contributed by atoms with E-state index in [1.807, 2.05) is 32.0 Å². The van der Waals surface area contributed by atoms with Gasteiger partial charge in [0.1, 0.15) is 0 Å². The minimum Gasteiger partial charge on any atom is -0.325 e. The summed E-state index contributed by atoms with van der Waals surface area (Å²) in [7, 11) is 0. The highest BCUT2D eigenvalue weighted by atomic mass is 35.5. The minimum atomic E-state index is -0.263. The zero-order valence-electron chi connectivity index (χ0n) is 14.7. The van der Waals surface area contributed by atoms with Crippen molar-refractivity contribution in [3.63, 3.8) is 0 Å². The van der Waals surface area contributed by atoms with Gasteiger partial charge in [-0.2, -0.15) is 5.10 Å². The largest absolute Gasteiger partial charge is 0.325 e. The second-order valence-electron chi connectivity index (χ2n) is 6.04. The standard InChI is InChI=1S/C20H20ClN3O2/c1-3-12-9-10-16(21)13(4-2)19(12)22-18(25)11-17-14-7-5-6-8-15(14)20(26)24-23-17/h5-10H,3-4,11H2,1-2H3,(H,22,25)(H,24,26). The Morgan fingerprint density at radius 2 is 1.85 bits per heavy atom. The van der Waals surface area contributed by atoms with Gasteiger partial charge < -0.3 is 5.32 Å². The third-order valence-corrected chi connectivity index (χ3v) is 4.80. The minimum absolute atomic E-state index is 0.0656. The topological polar surface area (TPSA) is 74.8 Å². The summed E-state index contributed by atoms with van der Waals surface area (Å²) in [6.45, 7) is 4.04. The van der Waals surface area contributed by atoms with E-state index in [0.717, 1.165) is 29.7 Å². The molecule has 0 saturated carbocycles. The molecular formula is C20H20ClN3O2. The number of aromatic amines is 1. The van der Waals surface area contributed by atoms with Gasteiger partial charge in [-0.05, 0) is 36.1 Å². The van der Waals surface area contributed by atoms with E-state index in [4.69, 9.17) is 11.6 Å². The highest BCUT2D eigenvalue weighted by molar-refractivity contribution is 6.32. The van der Waals surface area contributed by atoms with E-state index >= 15 is 0 Å². The molecule has 0 radical (unpaired) electrons. The molecule has 1 amide bonds. The van der Waals surface area contributed by atoms with Gasteiger partial charge in [-0.3, -0.25) is 9.59 Å². The highest BCUT2D eigenvalue weighted by Gasteiger charge is 2.15. The van der Waals surface area contributed by atoms with Gasteiger partial charge in [-0.25, -0.2) is 5.10 Å². The average Bonchev–Trinajstić information content (AvgIpc) is 2.65. The van der Waals surface area contributed by atoms with Gasteiger partial charge in [0, 0.05) is 16.1 Å². The van der Waals surface area contributed by atoms with Crippen LogP contribution in [0.5, 0.6) is 0 Å². The number of carbonyl (C=O) groups excluding carboxylic acids is 1. The molecule has 2 aromatic carbocycles. The summed E-state index contributed by atoms with van der Waals surface area (Å²) in [6.07, 6.45) is 1.58. The number of rotatable bonds is 5. The molecule has 134 valence electrons. The van der Waals surface area contributed by atoms with Crippen LogP contribution in [0.15, 0.2) is 41.2 Å². The third kappa shape index (κ3) is 3.48. The van der Waals surface area contributed by atoms with E-state index in [-0.39, 0.29) is 17.9 Å². The molecule has 0 aliphatic carbocycles. The fourth-order valence-corrected chi connectivity index (χ4v) is 3.40. The van der Waals surface area contributed by atoms with Crippen molar-refractivity contribution in [2.24, 2.45) is 0 Å². The molecule has 3 rings (SSSR count). The molecule has 0 unspecified atom stereocenters. The Bertz CT molecular complexity index is 1030. The fourth-order valence-electron chi connectivity index (χ4n) is 3.11. The number of hydrogen-bond donors (Lipinski definition) is 2. The molecule has 0 spiro atoms. The van der Waals surface area contributed by atoms with Crippen molar-refractivity contribution < 1.29 is 4.79 Å². The van der Waals surface area contributed by atoms with Crippen molar-refractivity contribution in [1.82, 2.24) is 10.2 Å². The Morgan fingerprint density at radius 1 is 1.12 bits per heavy atom. The Kier molecular flexibility index (Phi) is 5.38. The van der Waals surface area contributed by atoms with E-state index in [1.54, 1.807) is 18.2 Å². The molecule has 6 heteroatoms. The highest BCUT2D eigenvalue weighted by Crippen LogP contribution is 2.29. The van der Waals surface area contributed by atoms with Gasteiger partial charge in [0.05, 0.1) is 17.5 Å². The predicted molar refractivity (Wildman–Crippen MR) is 105 cm³/mol. The Morgan fingerprint density at radius 3 is 2.54 bits per heavy atom. The van der Waals surface area contributed by atoms with Crippen LogP contribution in [0.3, 0.4) is 0 Å². The van der Waals surface area contributed by atoms with Crippen molar-refractivity contribution >= 4 is 34.0 Å². The van der Waals surface area contributed by atoms with Gasteiger partial charge >= 0.3 is 0 Å². The van der Waals surface area contributed by atoms with E-state index in [1.165, 1.54) is 0 Å². The summed E-state index contributed by atoms with van der Waals surface area (Å²) < 4.78 is 0. The Balaban J connectivity index is 1.93. The van der Waals surface area contributed by atoms with Crippen LogP contribution in [0.1, 0.15) is 30.7 Å². The van der Waals surface area contributed by atoms with Gasteiger partial charge in [0.25, 0.3) is 5.56 Å². The number of fused-ring (bicyclic) bond motifs is 1. The lowest BCUT2D eigenvalue weighted by atomic mass is 10.0. The lowest BCUT2D eigenvalue weighted by molar-refractivity contribution is -0.115. The second-order valence-corrected chi connectivity index (χ2v) is 6.44. The molecule has 1 aromatic heterocycles. The zero-order chi connectivity index (χ0) is 18.7. The summed E-state index contributed by atoms with van der Waals surface area (Å²) >= 11 is 6.29. The third-order valence-electron chi connectivity index (χ3n) is 4.44. The number of nitrogens with zero attached hydrogens (tertiary/aromatic N) is 1. The molecule has 26 heavy (non-hydrogen) atoms. The smallest absolute Gasteiger partial charge is 0.272 e. The number of hydrogen-bond acceptors (Lipinski definition) is 3. The van der Waals surface area contributed by atoms with E-state index in [9.17, 15) is 9.59 Å². The number of anilines is 1. The Labute approximate surface area is 156 Å². The molecule has 0 aliphatic heterocycles. The number of amides is 1. The maximum Gasteiger partial charge on any atom is 0.272 e. The van der Waals surface area contributed by atoms with Crippen molar-refractivity contribution in [2.75, 3.05) is 5.32 Å². The van der Waals surface area contributed by atoms with Crippen LogP contribution in [0.4, 0.5) is 5.69 Å². The quantitative estimate of drug-likeness (QED) is 0.716. The molecule has 3 aromatic rings. The maximum absolute atomic E-state index is 12.7. The zero-order valence-corrected chi connectivity index (χ0v) is 15.5. The van der Waals surface area contributed by atoms with Gasteiger partial charge in [-0.1, -0.05) is 49.7 Å². The molecule has 0 aliphatic rings. The number of halogens is 1. The number of aromatic nitrogens is 2. The molecule has 0 bridgehead atoms. The number of nitrogens with one attached hydrogen (secondary N) is 2. The SMILES string of the molecule is CCc1ccc(Cl)c(CC)c1NC(=O)Cc1n[nH]c(=O)c2ccccc12. The van der Waals surface area contributed by atoms with E-state index in [0.29, 0.717) is 21.5 Å². The molecule has 5 nitrogen and oxygen atoms in total. The van der Waals surface area contributed by atoms with Gasteiger partial charge in [-0.15, -0.1) is 0 Å². The van der Waals surface area contributed by atoms with Crippen molar-refractivity contribution in [3.8, 4) is 0 Å². The van der Waals surface area contributed by atoms with Gasteiger partial charge in [0.15, 0.2) is 0 Å². The van der Waals surface area contributed by atoms with Crippen LogP contribution in [0, 0.1) is 0 Å². The first kappa shape index (κ1) is 18.1. The summed E-state index contributed by atoms with van der Waals surface area (Å²) in [4.78, 5) is 24.6. The van der Waals surface area contributed by atoms with Crippen LogP contribution in [-0.2, 0) is 24.1 Å². The number of carbonyl (C=O) groups is 1. The van der Waals surface area contributed by atoms with Crippen molar-refractivity contribution in [3.05, 3.63) is 68.6 Å². The first-order chi connectivity index (χ1) is 12.5. The van der Waals surface area contributed by atoms with Crippen LogP contribution in [-0.4, -0.2) is 16.1 Å². The molecule has 1 heterocycles. The normalized spacial score (nSPS) is 10.9. The van der Waals surface area contributed by atoms with Crippen LogP contribution in [0.2, 0.25) is 5.02 Å². The number of benzene rings is 2. The molecular weight excluding hydrogens is 350 g/mol. The molecule has 0 saturated heterocycles. The molecule has 2 N–H and O–H groups in total. The lowest BCUT2D eigenvalue weighted by Gasteiger charge is -2.16. The van der Waals surface area contributed by atoms with Crippen LogP contribution < -0.4 is 10.9 Å². The number of H-pyrrole nitrogens is 1. The van der Waals surface area contributed by atoms with Gasteiger partial charge in [0.2, 0.25) is 5.91 Å². The molecule has 0 atom stereocenters. The second kappa shape index (κ2) is 7.70. The predicted octanol–water partition coefficient (Wildman–Crippen LogP) is 3.88. The lowest BCUT2D eigenvalue weighted by Crippen LogP contribution is -2.20. The average molecular weight is 370 g/mol. The number of aryl methyl sites for hydroxylation is 1. The van der Waals surface area contributed by atoms with Crippen LogP contribution >= 0.6 is 11.6 Å². The Hall–Kier alpha value is -2.66. The fraction of sp³-hybridized carbons (Fsp3) is 0.250. The van der Waals surface area contributed by atoms with Crippen molar-refractivity contribution in [2.45, 2.75) is 33.1 Å². The monoisotopic (exact) mass is 369 g/mol. The van der Waals surface area contributed by atoms with E-state index < -0.39 is 0 Å². The molecule has 0 fully saturated rings. The van der Waals surface area contributed by atoms with E-state index in [2.05, 4.69) is 15.5 Å². The summed E-state index contributed by atoms with van der Waals surface area (Å²) in [5, 5.41) is 11.4. The summed E-state index contributed by atoms with van der Waals surface area (Å²) in [5.74, 6) is -0.193. The first-order valence-corrected chi connectivity index (χ1v) is 8.99. The first-order valence-electron chi connectivity index (χ1n) is 8.61. The summed E-state index contributed by atoms with van der Waals surface area (Å²) in [5.41, 5.74) is 3.02. The van der Waals surface area contributed by atoms with Crippen LogP contribution in [0.25, 0.3) is 10.8 Å².